The van der Waals surface area contributed by atoms with Crippen molar-refractivity contribution in [2.45, 2.75) is 37.9 Å². The maximum absolute atomic E-state index is 12.4. The summed E-state index contributed by atoms with van der Waals surface area (Å²) in [6.07, 6.45) is 1.14. The van der Waals surface area contributed by atoms with Gasteiger partial charge in [-0.2, -0.15) is 0 Å². The van der Waals surface area contributed by atoms with Crippen LogP contribution in [-0.2, 0) is 11.2 Å². The summed E-state index contributed by atoms with van der Waals surface area (Å²) in [6, 6.07) is 9.17. The van der Waals surface area contributed by atoms with Crippen molar-refractivity contribution in [3.63, 3.8) is 0 Å². The van der Waals surface area contributed by atoms with Gasteiger partial charge in [0.25, 0.3) is 5.56 Å². The molecule has 1 aromatic heterocycles. The molecule has 1 aliphatic heterocycles. The Morgan fingerprint density at radius 2 is 2.22 bits per heavy atom. The molecule has 1 amide bonds. The third-order valence-electron chi connectivity index (χ3n) is 3.91. The number of benzene rings is 1. The molecule has 0 radical (unpaired) electrons. The van der Waals surface area contributed by atoms with E-state index in [4.69, 9.17) is 0 Å². The number of hydrogen-bond acceptors (Lipinski definition) is 4. The van der Waals surface area contributed by atoms with Crippen LogP contribution in [0.2, 0.25) is 0 Å². The lowest BCUT2D eigenvalue weighted by atomic mass is 10.1. The molecule has 2 heterocycles. The molecular formula is C17H19N3O2S. The molecule has 0 bridgehead atoms. The largest absolute Gasteiger partial charge is 0.326 e. The molecule has 6 heteroatoms. The van der Waals surface area contributed by atoms with Gasteiger partial charge in [-0.25, -0.2) is 4.98 Å². The van der Waals surface area contributed by atoms with Gasteiger partial charge in [-0.05, 0) is 25.0 Å². The maximum atomic E-state index is 12.4. The second-order valence-corrected chi connectivity index (χ2v) is 6.60. The minimum absolute atomic E-state index is 0.0724. The number of para-hydroxylation sites is 1. The van der Waals surface area contributed by atoms with E-state index in [1.54, 1.807) is 4.57 Å². The van der Waals surface area contributed by atoms with Crippen LogP contribution in [0, 0.1) is 6.92 Å². The number of carbonyl (C=O) groups is 1. The Balaban J connectivity index is 1.75. The summed E-state index contributed by atoms with van der Waals surface area (Å²) in [5, 5.41) is 3.68. The van der Waals surface area contributed by atoms with Crippen molar-refractivity contribution in [2.24, 2.45) is 0 Å². The molecule has 0 fully saturated rings. The third kappa shape index (κ3) is 3.32. The number of fused-ring (bicyclic) bond motifs is 1. The molecule has 0 saturated carbocycles. The highest BCUT2D eigenvalue weighted by Crippen LogP contribution is 2.32. The number of nitrogens with one attached hydrogen (secondary N) is 1. The summed E-state index contributed by atoms with van der Waals surface area (Å²) in [6.45, 7) is 3.87. The third-order valence-corrected chi connectivity index (χ3v) is 5.01. The standard InChI is InChI=1S/C17H19N3O2S/c1-3-12-6-4-5-7-14(12)19-15(21)9-13-10-23-17-18-11(2)8-16(22)20(13)17/h4-8,13H,3,9-10H2,1-2H3,(H,19,21). The van der Waals surface area contributed by atoms with Crippen molar-refractivity contribution in [3.8, 4) is 0 Å². The number of anilines is 1. The van der Waals surface area contributed by atoms with E-state index in [0.717, 1.165) is 23.4 Å². The van der Waals surface area contributed by atoms with Crippen LogP contribution in [0.4, 0.5) is 5.69 Å². The van der Waals surface area contributed by atoms with Crippen molar-refractivity contribution >= 4 is 23.4 Å². The van der Waals surface area contributed by atoms with E-state index in [9.17, 15) is 9.59 Å². The van der Waals surface area contributed by atoms with Crippen molar-refractivity contribution in [3.05, 3.63) is 51.9 Å². The van der Waals surface area contributed by atoms with Crippen LogP contribution in [0.3, 0.4) is 0 Å². The smallest absolute Gasteiger partial charge is 0.254 e. The summed E-state index contributed by atoms with van der Waals surface area (Å²) in [4.78, 5) is 28.9. The van der Waals surface area contributed by atoms with Gasteiger partial charge in [-0.3, -0.25) is 14.2 Å². The lowest BCUT2D eigenvalue weighted by molar-refractivity contribution is -0.116. The summed E-state index contributed by atoms with van der Waals surface area (Å²) in [7, 11) is 0. The number of aryl methyl sites for hydroxylation is 2. The predicted octanol–water partition coefficient (Wildman–Crippen LogP) is 2.79. The molecule has 1 unspecified atom stereocenters. The second-order valence-electron chi connectivity index (χ2n) is 5.62. The SMILES string of the molecule is CCc1ccccc1NC(=O)CC1CSc2nc(C)cc(=O)n21. The first kappa shape index (κ1) is 15.8. The van der Waals surface area contributed by atoms with Crippen molar-refractivity contribution < 1.29 is 4.79 Å². The normalized spacial score (nSPS) is 16.2. The van der Waals surface area contributed by atoms with E-state index in [1.807, 2.05) is 31.2 Å². The molecule has 120 valence electrons. The summed E-state index contributed by atoms with van der Waals surface area (Å²) < 4.78 is 1.64. The maximum Gasteiger partial charge on any atom is 0.254 e. The first-order chi connectivity index (χ1) is 11.1. The van der Waals surface area contributed by atoms with Crippen LogP contribution < -0.4 is 10.9 Å². The van der Waals surface area contributed by atoms with Gasteiger partial charge in [0, 0.05) is 29.6 Å². The molecular weight excluding hydrogens is 310 g/mol. The Labute approximate surface area is 139 Å². The van der Waals surface area contributed by atoms with E-state index in [0.29, 0.717) is 10.9 Å². The Morgan fingerprint density at radius 1 is 1.43 bits per heavy atom. The topological polar surface area (TPSA) is 64.0 Å². The molecule has 1 N–H and O–H groups in total. The molecule has 5 nitrogen and oxygen atoms in total. The zero-order chi connectivity index (χ0) is 16.4. The number of thioether (sulfide) groups is 1. The van der Waals surface area contributed by atoms with Gasteiger partial charge in [0.15, 0.2) is 5.16 Å². The molecule has 2 aromatic rings. The number of amides is 1. The number of carbonyl (C=O) groups excluding carboxylic acids is 1. The Hall–Kier alpha value is -2.08. The molecule has 3 rings (SSSR count). The lowest BCUT2D eigenvalue weighted by Gasteiger charge is -2.14. The quantitative estimate of drug-likeness (QED) is 0.876. The van der Waals surface area contributed by atoms with Crippen molar-refractivity contribution in [1.82, 2.24) is 9.55 Å². The summed E-state index contributed by atoms with van der Waals surface area (Å²) in [5.41, 5.74) is 2.59. The van der Waals surface area contributed by atoms with Gasteiger partial charge in [-0.15, -0.1) is 0 Å². The van der Waals surface area contributed by atoms with Crippen LogP contribution in [-0.4, -0.2) is 21.2 Å². The van der Waals surface area contributed by atoms with Crippen LogP contribution in [0.15, 0.2) is 40.3 Å². The van der Waals surface area contributed by atoms with E-state index >= 15 is 0 Å². The van der Waals surface area contributed by atoms with Crippen molar-refractivity contribution in [1.29, 1.82) is 0 Å². The summed E-state index contributed by atoms with van der Waals surface area (Å²) in [5.74, 6) is 0.631. The number of rotatable bonds is 4. The van der Waals surface area contributed by atoms with E-state index in [-0.39, 0.29) is 23.9 Å². The first-order valence-electron chi connectivity index (χ1n) is 7.69. The average molecular weight is 329 g/mol. The zero-order valence-corrected chi connectivity index (χ0v) is 14.0. The fraction of sp³-hybridized carbons (Fsp3) is 0.353. The van der Waals surface area contributed by atoms with Crippen LogP contribution >= 0.6 is 11.8 Å². The molecule has 1 aromatic carbocycles. The highest BCUT2D eigenvalue weighted by Gasteiger charge is 2.27. The highest BCUT2D eigenvalue weighted by atomic mass is 32.2. The van der Waals surface area contributed by atoms with Gasteiger partial charge in [0.1, 0.15) is 0 Å². The first-order valence-corrected chi connectivity index (χ1v) is 8.67. The van der Waals surface area contributed by atoms with E-state index < -0.39 is 0 Å². The fourth-order valence-electron chi connectivity index (χ4n) is 2.78. The van der Waals surface area contributed by atoms with Gasteiger partial charge in [-0.1, -0.05) is 36.9 Å². The Morgan fingerprint density at radius 3 is 3.00 bits per heavy atom. The van der Waals surface area contributed by atoms with Gasteiger partial charge in [0.05, 0.1) is 6.04 Å². The molecule has 0 saturated heterocycles. The molecule has 1 atom stereocenters. The van der Waals surface area contributed by atoms with Crippen LogP contribution in [0.25, 0.3) is 0 Å². The predicted molar refractivity (Wildman–Crippen MR) is 92.1 cm³/mol. The molecule has 0 spiro atoms. The van der Waals surface area contributed by atoms with Crippen molar-refractivity contribution in [2.75, 3.05) is 11.1 Å². The van der Waals surface area contributed by atoms with Gasteiger partial charge >= 0.3 is 0 Å². The number of aromatic nitrogens is 2. The van der Waals surface area contributed by atoms with Crippen LogP contribution in [0.5, 0.6) is 0 Å². The Bertz CT molecular complexity index is 801. The minimum atomic E-state index is -0.135. The number of hydrogen-bond donors (Lipinski definition) is 1. The lowest BCUT2D eigenvalue weighted by Crippen LogP contribution is -2.27. The molecule has 1 aliphatic rings. The zero-order valence-electron chi connectivity index (χ0n) is 13.2. The molecule has 23 heavy (non-hydrogen) atoms. The fourth-order valence-corrected chi connectivity index (χ4v) is 3.97. The van der Waals surface area contributed by atoms with E-state index in [1.165, 1.54) is 17.8 Å². The minimum Gasteiger partial charge on any atom is -0.326 e. The van der Waals surface area contributed by atoms with Crippen LogP contribution in [0.1, 0.15) is 30.6 Å². The summed E-state index contributed by atoms with van der Waals surface area (Å²) >= 11 is 1.53. The molecule has 0 aliphatic carbocycles. The monoisotopic (exact) mass is 329 g/mol. The highest BCUT2D eigenvalue weighted by molar-refractivity contribution is 7.99. The second kappa shape index (κ2) is 6.58. The number of nitrogens with zero attached hydrogens (tertiary/aromatic N) is 2. The van der Waals surface area contributed by atoms with Gasteiger partial charge < -0.3 is 5.32 Å². The van der Waals surface area contributed by atoms with E-state index in [2.05, 4.69) is 17.2 Å². The Kier molecular flexibility index (Phi) is 4.52. The van der Waals surface area contributed by atoms with Gasteiger partial charge in [0.2, 0.25) is 5.91 Å². The average Bonchev–Trinajstić information content (AvgIpc) is 2.90.